The number of anilines is 1. The smallest absolute Gasteiger partial charge is 0.297 e. The van der Waals surface area contributed by atoms with E-state index in [2.05, 4.69) is 16.8 Å². The maximum atomic E-state index is 13.5. The van der Waals surface area contributed by atoms with E-state index in [1.54, 1.807) is 30.3 Å². The van der Waals surface area contributed by atoms with Crippen LogP contribution in [0.1, 0.15) is 32.7 Å². The molecule has 0 aliphatic carbocycles. The monoisotopic (exact) mass is 431 g/mol. The summed E-state index contributed by atoms with van der Waals surface area (Å²) in [6.07, 6.45) is 1.65. The van der Waals surface area contributed by atoms with E-state index in [4.69, 9.17) is 9.15 Å². The molecular weight excluding hydrogens is 414 g/mol. The Morgan fingerprint density at radius 3 is 2.81 bits per heavy atom. The molecule has 4 aromatic rings. The van der Waals surface area contributed by atoms with E-state index in [0.29, 0.717) is 39.0 Å². The molecule has 8 heteroatoms. The number of hydrogen-bond acceptors (Lipinski definition) is 7. The third-order valence-corrected chi connectivity index (χ3v) is 5.88. The topological polar surface area (TPSA) is 85.5 Å². The van der Waals surface area contributed by atoms with Crippen molar-refractivity contribution >= 4 is 33.3 Å². The van der Waals surface area contributed by atoms with Crippen LogP contribution in [0.2, 0.25) is 0 Å². The van der Waals surface area contributed by atoms with Crippen molar-refractivity contribution in [1.82, 2.24) is 10.2 Å². The van der Waals surface area contributed by atoms with E-state index >= 15 is 0 Å². The summed E-state index contributed by atoms with van der Waals surface area (Å²) in [7, 11) is 0. The first-order valence-corrected chi connectivity index (χ1v) is 10.4. The van der Waals surface area contributed by atoms with Gasteiger partial charge in [0.05, 0.1) is 17.0 Å². The minimum Gasteiger partial charge on any atom is -0.490 e. The first-order chi connectivity index (χ1) is 15.1. The van der Waals surface area contributed by atoms with Crippen LogP contribution in [0.4, 0.5) is 5.13 Å². The average Bonchev–Trinajstić information content (AvgIpc) is 3.33. The summed E-state index contributed by atoms with van der Waals surface area (Å²) in [5.74, 6) is 0.215. The summed E-state index contributed by atoms with van der Waals surface area (Å²) in [6.45, 7) is 5.82. The zero-order valence-electron chi connectivity index (χ0n) is 16.6. The number of nitrogens with zero attached hydrogens (tertiary/aromatic N) is 3. The van der Waals surface area contributed by atoms with Gasteiger partial charge in [-0.05, 0) is 36.8 Å². The fourth-order valence-electron chi connectivity index (χ4n) is 3.75. The van der Waals surface area contributed by atoms with Crippen molar-refractivity contribution in [2.45, 2.75) is 13.0 Å². The van der Waals surface area contributed by atoms with Gasteiger partial charge in [0, 0.05) is 0 Å². The van der Waals surface area contributed by atoms with E-state index < -0.39 is 11.9 Å². The van der Waals surface area contributed by atoms with Gasteiger partial charge in [0.2, 0.25) is 10.9 Å². The zero-order valence-corrected chi connectivity index (χ0v) is 17.4. The van der Waals surface area contributed by atoms with E-state index in [1.165, 1.54) is 16.2 Å². The van der Waals surface area contributed by atoms with Crippen LogP contribution in [0, 0.1) is 6.92 Å². The largest absolute Gasteiger partial charge is 0.490 e. The molecular formula is C23H17N3O4S. The summed E-state index contributed by atoms with van der Waals surface area (Å²) in [4.78, 5) is 28.4. The molecule has 0 bridgehead atoms. The Bertz CT molecular complexity index is 1390. The Balaban J connectivity index is 1.76. The van der Waals surface area contributed by atoms with Gasteiger partial charge in [0.15, 0.2) is 5.43 Å². The number of hydrogen-bond donors (Lipinski definition) is 0. The number of amides is 1. The van der Waals surface area contributed by atoms with Crippen molar-refractivity contribution in [3.05, 3.63) is 93.3 Å². The highest BCUT2D eigenvalue weighted by Gasteiger charge is 2.45. The molecule has 2 aromatic heterocycles. The molecule has 0 radical (unpaired) electrons. The molecule has 7 nitrogen and oxygen atoms in total. The minimum atomic E-state index is -0.706. The molecule has 2 aromatic carbocycles. The molecule has 154 valence electrons. The molecule has 0 unspecified atom stereocenters. The third-order valence-electron chi connectivity index (χ3n) is 5.04. The Labute approximate surface area is 181 Å². The van der Waals surface area contributed by atoms with Crippen LogP contribution in [-0.2, 0) is 0 Å². The number of carbonyl (C=O) groups is 1. The number of fused-ring (bicyclic) bond motifs is 2. The molecule has 1 aliphatic heterocycles. The lowest BCUT2D eigenvalue weighted by molar-refractivity contribution is 0.0970. The first-order valence-electron chi connectivity index (χ1n) is 9.61. The quantitative estimate of drug-likeness (QED) is 0.439. The standard InChI is InChI=1S/C23H17N3O4S/c1-3-11-29-15-8-6-7-14(12-15)19-18-20(27)16-9-4-5-10-17(16)30-21(18)22(28)26(19)23-25-24-13(2)31-23/h3-10,12,19H,1,11H2,2H3/t19-/m1/s1. The Morgan fingerprint density at radius 2 is 2.03 bits per heavy atom. The van der Waals surface area contributed by atoms with Crippen LogP contribution in [0.3, 0.4) is 0 Å². The second-order valence-electron chi connectivity index (χ2n) is 7.02. The summed E-state index contributed by atoms with van der Waals surface area (Å²) in [5.41, 5.74) is 1.13. The molecule has 1 atom stereocenters. The highest BCUT2D eigenvalue weighted by Crippen LogP contribution is 2.42. The fraction of sp³-hybridized carbons (Fsp3) is 0.130. The number of ether oxygens (including phenoxy) is 1. The van der Waals surface area contributed by atoms with Gasteiger partial charge in [-0.3, -0.25) is 14.5 Å². The van der Waals surface area contributed by atoms with Crippen molar-refractivity contribution in [1.29, 1.82) is 0 Å². The molecule has 0 spiro atoms. The van der Waals surface area contributed by atoms with Gasteiger partial charge in [-0.1, -0.05) is 48.3 Å². The lowest BCUT2D eigenvalue weighted by atomic mass is 9.98. The SMILES string of the molecule is C=CCOc1cccc([C@@H]2c3c(oc4ccccc4c3=O)C(=O)N2c2nnc(C)s2)c1. The molecule has 3 heterocycles. The van der Waals surface area contributed by atoms with Crippen LogP contribution in [-0.4, -0.2) is 22.7 Å². The van der Waals surface area contributed by atoms with E-state index in [1.807, 2.05) is 31.2 Å². The van der Waals surface area contributed by atoms with Crippen LogP contribution in [0.5, 0.6) is 5.75 Å². The molecule has 1 aliphatic rings. The predicted molar refractivity (Wildman–Crippen MR) is 118 cm³/mol. The van der Waals surface area contributed by atoms with E-state index in [-0.39, 0.29) is 16.8 Å². The number of rotatable bonds is 5. The van der Waals surface area contributed by atoms with Crippen molar-refractivity contribution in [3.63, 3.8) is 0 Å². The Kier molecular flexibility index (Phi) is 4.63. The van der Waals surface area contributed by atoms with Crippen molar-refractivity contribution in [3.8, 4) is 5.75 Å². The van der Waals surface area contributed by atoms with Gasteiger partial charge < -0.3 is 9.15 Å². The molecule has 5 rings (SSSR count). The van der Waals surface area contributed by atoms with Gasteiger partial charge in [0.1, 0.15) is 22.9 Å². The number of aryl methyl sites for hydroxylation is 1. The number of aromatic nitrogens is 2. The molecule has 0 saturated heterocycles. The summed E-state index contributed by atoms with van der Waals surface area (Å²) < 4.78 is 11.6. The van der Waals surface area contributed by atoms with Gasteiger partial charge in [-0.25, -0.2) is 0 Å². The number of para-hydroxylation sites is 1. The normalized spacial score (nSPS) is 15.3. The van der Waals surface area contributed by atoms with E-state index in [0.717, 1.165) is 0 Å². The lowest BCUT2D eigenvalue weighted by Gasteiger charge is -2.22. The maximum absolute atomic E-state index is 13.5. The van der Waals surface area contributed by atoms with Crippen LogP contribution < -0.4 is 15.1 Å². The molecule has 31 heavy (non-hydrogen) atoms. The van der Waals surface area contributed by atoms with Gasteiger partial charge >= 0.3 is 0 Å². The second-order valence-corrected chi connectivity index (χ2v) is 8.18. The highest BCUT2D eigenvalue weighted by atomic mass is 32.1. The molecule has 0 fully saturated rings. The van der Waals surface area contributed by atoms with Crippen molar-refractivity contribution < 1.29 is 13.9 Å². The number of benzene rings is 2. The first kappa shape index (κ1) is 19.2. The van der Waals surface area contributed by atoms with Crippen LogP contribution >= 0.6 is 11.3 Å². The molecule has 0 saturated carbocycles. The van der Waals surface area contributed by atoms with Gasteiger partial charge in [-0.2, -0.15) is 0 Å². The third kappa shape index (κ3) is 3.12. The zero-order chi connectivity index (χ0) is 21.5. The van der Waals surface area contributed by atoms with Crippen LogP contribution in [0.25, 0.3) is 11.0 Å². The lowest BCUT2D eigenvalue weighted by Crippen LogP contribution is -2.29. The van der Waals surface area contributed by atoms with Gasteiger partial charge in [0.25, 0.3) is 5.91 Å². The molecule has 0 N–H and O–H groups in total. The summed E-state index contributed by atoms with van der Waals surface area (Å²) in [5, 5.41) is 9.76. The van der Waals surface area contributed by atoms with Crippen molar-refractivity contribution in [2.75, 3.05) is 11.5 Å². The Hall–Kier alpha value is -3.78. The van der Waals surface area contributed by atoms with E-state index in [9.17, 15) is 9.59 Å². The maximum Gasteiger partial charge on any atom is 0.297 e. The minimum absolute atomic E-state index is 0.0268. The van der Waals surface area contributed by atoms with Gasteiger partial charge in [-0.15, -0.1) is 10.2 Å². The Morgan fingerprint density at radius 1 is 1.19 bits per heavy atom. The average molecular weight is 431 g/mol. The summed E-state index contributed by atoms with van der Waals surface area (Å²) >= 11 is 1.28. The molecule has 1 amide bonds. The summed E-state index contributed by atoms with van der Waals surface area (Å²) in [6, 6.07) is 13.5. The second kappa shape index (κ2) is 7.48. The highest BCUT2D eigenvalue weighted by molar-refractivity contribution is 7.15. The van der Waals surface area contributed by atoms with Crippen molar-refractivity contribution in [2.24, 2.45) is 0 Å². The fourth-order valence-corrected chi connectivity index (χ4v) is 4.46. The number of carbonyl (C=O) groups excluding carboxylic acids is 1. The predicted octanol–water partition coefficient (Wildman–Crippen LogP) is 4.27. The van der Waals surface area contributed by atoms with Crippen LogP contribution in [0.15, 0.2) is 70.4 Å².